The van der Waals surface area contributed by atoms with Crippen molar-refractivity contribution in [2.45, 2.75) is 64.7 Å². The number of aliphatic hydroxyl groups excluding tert-OH is 1. The second-order valence-corrected chi connectivity index (χ2v) is 17.3. The Labute approximate surface area is 376 Å². The molecular weight excluding hydrogens is 807 g/mol. The Kier molecular flexibility index (Phi) is 15.2. The Bertz CT molecular complexity index is 2350. The molecule has 3 fully saturated rings. The number of urea groups is 1. The minimum Gasteiger partial charge on any atom is -0.484 e. The number of benzene rings is 3. The van der Waals surface area contributed by atoms with E-state index in [1.165, 1.54) is 55.4 Å². The quantitative estimate of drug-likeness (QED) is 0.0894. The van der Waals surface area contributed by atoms with E-state index in [1.807, 2.05) is 15.5 Å². The average Bonchev–Trinajstić information content (AvgIpc) is 3.66. The number of carbonyl (C=O) groups excluding carboxylic acids is 3. The number of amides is 4. The van der Waals surface area contributed by atoms with Gasteiger partial charge >= 0.3 is 6.03 Å². The molecule has 2 N–H and O–H groups in total. The van der Waals surface area contributed by atoms with Crippen LogP contribution in [-0.2, 0) is 16.0 Å². The number of unbranched alkanes of at least 4 members (excludes halogenated alkanes) is 6. The van der Waals surface area contributed by atoms with Crippen LogP contribution in [0.1, 0.15) is 62.6 Å². The number of nitrogens with zero attached hydrogens (tertiary/aromatic N) is 8. The van der Waals surface area contributed by atoms with Crippen LogP contribution >= 0.6 is 0 Å². The fourth-order valence-electron chi connectivity index (χ4n) is 9.21. The maximum absolute atomic E-state index is 12.9. The number of fused-ring (bicyclic) bond motifs is 1. The minimum atomic E-state index is -0.447. The summed E-state index contributed by atoms with van der Waals surface area (Å²) in [7, 11) is 0. The summed E-state index contributed by atoms with van der Waals surface area (Å²) in [4.78, 5) is 52.5. The van der Waals surface area contributed by atoms with Crippen LogP contribution in [0.4, 0.5) is 16.3 Å². The molecule has 4 amide bonds. The van der Waals surface area contributed by atoms with Gasteiger partial charge in [0.05, 0.1) is 18.0 Å². The van der Waals surface area contributed by atoms with Gasteiger partial charge in [-0.25, -0.2) is 9.78 Å². The number of aliphatic hydroxyl groups is 1. The molecule has 0 atom stereocenters. The first kappa shape index (κ1) is 44.8. The average molecular weight is 870 g/mol. The molecule has 0 radical (unpaired) electrons. The summed E-state index contributed by atoms with van der Waals surface area (Å²) in [6, 6.07) is 28.2. The number of piperazine rings is 2. The van der Waals surface area contributed by atoms with E-state index in [0.717, 1.165) is 91.8 Å². The van der Waals surface area contributed by atoms with E-state index in [2.05, 4.69) is 81.5 Å². The molecule has 3 aromatic carbocycles. The third-order valence-corrected chi connectivity index (χ3v) is 12.9. The molecule has 5 aromatic rings. The highest BCUT2D eigenvalue weighted by atomic mass is 16.5. The number of rotatable bonds is 19. The van der Waals surface area contributed by atoms with Gasteiger partial charge in [-0.15, -0.1) is 0 Å². The number of aryl methyl sites for hydroxylation is 2. The number of β-amino-alcohol motifs (C(OH)–C–C–N with tert-alkyl or cyclic N) is 1. The van der Waals surface area contributed by atoms with Gasteiger partial charge < -0.3 is 19.6 Å². The van der Waals surface area contributed by atoms with E-state index in [4.69, 9.17) is 14.8 Å². The smallest absolute Gasteiger partial charge is 0.328 e. The SMILES string of the molecule is Cc1nn2c(N3CCN(CCO)CC3)cc(-c3ccccc3)nc2c1-c1cccc(CCCCCCCCCN2CCN(C(=O)COc3cccc(N4CCC(=O)NC4=O)c3)CC2)c1. The second-order valence-electron chi connectivity index (χ2n) is 17.3. The van der Waals surface area contributed by atoms with E-state index in [-0.39, 0.29) is 31.4 Å². The van der Waals surface area contributed by atoms with Crippen LogP contribution in [0.25, 0.3) is 28.0 Å². The Morgan fingerprint density at radius 2 is 1.44 bits per heavy atom. The lowest BCUT2D eigenvalue weighted by atomic mass is 9.99. The molecule has 3 saturated heterocycles. The molecule has 14 heteroatoms. The van der Waals surface area contributed by atoms with E-state index in [0.29, 0.717) is 37.6 Å². The molecule has 0 aliphatic carbocycles. The number of ether oxygens (including phenoxy) is 1. The summed E-state index contributed by atoms with van der Waals surface area (Å²) in [6.45, 7) is 11.0. The van der Waals surface area contributed by atoms with Gasteiger partial charge in [0.2, 0.25) is 5.91 Å². The van der Waals surface area contributed by atoms with Crippen molar-refractivity contribution in [1.29, 1.82) is 0 Å². The molecule has 338 valence electrons. The number of aromatic nitrogens is 3. The van der Waals surface area contributed by atoms with Gasteiger partial charge in [-0.2, -0.15) is 9.61 Å². The van der Waals surface area contributed by atoms with Crippen LogP contribution in [0.5, 0.6) is 5.75 Å². The van der Waals surface area contributed by atoms with Crippen molar-refractivity contribution in [3.05, 3.63) is 96.2 Å². The summed E-state index contributed by atoms with van der Waals surface area (Å²) >= 11 is 0. The number of hydrogen-bond acceptors (Lipinski definition) is 10. The van der Waals surface area contributed by atoms with Crippen molar-refractivity contribution in [2.24, 2.45) is 0 Å². The first-order valence-corrected chi connectivity index (χ1v) is 23.3. The zero-order valence-corrected chi connectivity index (χ0v) is 37.3. The number of nitrogens with one attached hydrogen (secondary N) is 1. The van der Waals surface area contributed by atoms with Crippen molar-refractivity contribution in [3.63, 3.8) is 0 Å². The molecule has 5 heterocycles. The van der Waals surface area contributed by atoms with Crippen LogP contribution in [0.3, 0.4) is 0 Å². The molecule has 0 unspecified atom stereocenters. The lowest BCUT2D eigenvalue weighted by Gasteiger charge is -2.35. The largest absolute Gasteiger partial charge is 0.484 e. The Balaban J connectivity index is 0.745. The maximum atomic E-state index is 12.9. The molecule has 2 aromatic heterocycles. The molecule has 14 nitrogen and oxygen atoms in total. The van der Waals surface area contributed by atoms with Crippen LogP contribution in [-0.4, -0.2) is 137 Å². The predicted molar refractivity (Wildman–Crippen MR) is 251 cm³/mol. The zero-order chi connectivity index (χ0) is 44.3. The summed E-state index contributed by atoms with van der Waals surface area (Å²) in [5.74, 6) is 1.26. The summed E-state index contributed by atoms with van der Waals surface area (Å²) in [6.07, 6.45) is 9.84. The highest BCUT2D eigenvalue weighted by molar-refractivity contribution is 6.05. The lowest BCUT2D eigenvalue weighted by Crippen LogP contribution is -2.50. The summed E-state index contributed by atoms with van der Waals surface area (Å²) < 4.78 is 7.86. The fraction of sp³-hybridized carbons (Fsp3) is 0.460. The van der Waals surface area contributed by atoms with Gasteiger partial charge in [-0.1, -0.05) is 92.8 Å². The van der Waals surface area contributed by atoms with Crippen molar-refractivity contribution in [2.75, 3.05) is 95.0 Å². The molecular formula is C50H63N9O5. The zero-order valence-electron chi connectivity index (χ0n) is 37.3. The third-order valence-electron chi connectivity index (χ3n) is 12.9. The monoisotopic (exact) mass is 869 g/mol. The Hall–Kier alpha value is -5.83. The molecule has 0 bridgehead atoms. The van der Waals surface area contributed by atoms with Gasteiger partial charge in [-0.3, -0.25) is 29.6 Å². The maximum Gasteiger partial charge on any atom is 0.328 e. The lowest BCUT2D eigenvalue weighted by molar-refractivity contribution is -0.135. The minimum absolute atomic E-state index is 0.0357. The second kappa shape index (κ2) is 21.7. The number of carbonyl (C=O) groups is 3. The van der Waals surface area contributed by atoms with Gasteiger partial charge in [-0.05, 0) is 56.0 Å². The Morgan fingerprint density at radius 1 is 0.734 bits per heavy atom. The Morgan fingerprint density at radius 3 is 2.20 bits per heavy atom. The van der Waals surface area contributed by atoms with Gasteiger partial charge in [0.1, 0.15) is 11.6 Å². The van der Waals surface area contributed by atoms with Crippen LogP contribution in [0.2, 0.25) is 0 Å². The first-order valence-electron chi connectivity index (χ1n) is 23.3. The van der Waals surface area contributed by atoms with Gasteiger partial charge in [0.15, 0.2) is 12.3 Å². The number of anilines is 2. The molecule has 64 heavy (non-hydrogen) atoms. The molecule has 3 aliphatic rings. The highest BCUT2D eigenvalue weighted by Crippen LogP contribution is 2.34. The summed E-state index contributed by atoms with van der Waals surface area (Å²) in [5, 5.41) is 16.9. The highest BCUT2D eigenvalue weighted by Gasteiger charge is 2.26. The van der Waals surface area contributed by atoms with Crippen LogP contribution in [0, 0.1) is 6.92 Å². The molecule has 8 rings (SSSR count). The van der Waals surface area contributed by atoms with E-state index in [9.17, 15) is 19.5 Å². The third kappa shape index (κ3) is 11.3. The van der Waals surface area contributed by atoms with Gasteiger partial charge in [0.25, 0.3) is 5.91 Å². The molecule has 0 spiro atoms. The molecule has 3 aliphatic heterocycles. The number of hydrogen-bond donors (Lipinski definition) is 2. The van der Waals surface area contributed by atoms with Crippen LogP contribution < -0.4 is 19.9 Å². The standard InChI is InChI=1S/C50H63N9O5/c1-38-48(49-51-44(40-16-9-7-10-17-40)36-46(59(49)53-38)56-28-24-55(25-29-56)32-33-60)41-18-12-15-39(34-41)14-8-5-3-2-4-6-11-22-54-26-30-57(31-27-54)47(62)37-64-43-20-13-19-42(35-43)58-23-21-45(61)52-50(58)63/h7,9-10,12-13,15-20,34-36,60H,2-6,8,11,14,21-33,37H2,1H3,(H,52,61,63). The first-order chi connectivity index (χ1) is 31.3. The van der Waals surface area contributed by atoms with Crippen LogP contribution in [0.15, 0.2) is 84.9 Å². The van der Waals surface area contributed by atoms with Crippen molar-refractivity contribution in [3.8, 4) is 28.1 Å². The summed E-state index contributed by atoms with van der Waals surface area (Å²) in [5.41, 5.74) is 8.12. The van der Waals surface area contributed by atoms with E-state index < -0.39 is 6.03 Å². The van der Waals surface area contributed by atoms with E-state index >= 15 is 0 Å². The number of imide groups is 1. The predicted octanol–water partition coefficient (Wildman–Crippen LogP) is 6.43. The molecule has 0 saturated carbocycles. The van der Waals surface area contributed by atoms with Crippen molar-refractivity contribution in [1.82, 2.24) is 34.6 Å². The normalized spacial score (nSPS) is 16.4. The van der Waals surface area contributed by atoms with E-state index in [1.54, 1.807) is 24.3 Å². The van der Waals surface area contributed by atoms with Crippen molar-refractivity contribution < 1.29 is 24.2 Å². The van der Waals surface area contributed by atoms with Crippen molar-refractivity contribution >= 4 is 35.0 Å². The fourth-order valence-corrected chi connectivity index (χ4v) is 9.21. The van der Waals surface area contributed by atoms with Gasteiger partial charge in [0, 0.05) is 101 Å². The topological polar surface area (TPSA) is 139 Å².